The van der Waals surface area contributed by atoms with Gasteiger partial charge >= 0.3 is 5.97 Å². The first-order chi connectivity index (χ1) is 12.5. The van der Waals surface area contributed by atoms with E-state index in [9.17, 15) is 4.79 Å². The number of morpholine rings is 1. The molecule has 0 aliphatic carbocycles. The smallest absolute Gasteiger partial charge is 0.317 e. The maximum absolute atomic E-state index is 10.8. The fraction of sp³-hybridized carbons (Fsp3) is 0.421. The summed E-state index contributed by atoms with van der Waals surface area (Å²) in [7, 11) is 1.81. The van der Waals surface area contributed by atoms with Crippen molar-refractivity contribution in [3.8, 4) is 10.4 Å². The van der Waals surface area contributed by atoms with E-state index in [1.165, 1.54) is 9.75 Å². The highest BCUT2D eigenvalue weighted by Crippen LogP contribution is 2.33. The van der Waals surface area contributed by atoms with Crippen molar-refractivity contribution in [1.29, 1.82) is 0 Å². The SMILES string of the molecule is CN(CC(=O)O)CC1CN(Cc2ccc(-c3ccccc3Cl)s2)CCO1. The predicted octanol–water partition coefficient (Wildman–Crippen LogP) is 3.29. The summed E-state index contributed by atoms with van der Waals surface area (Å²) >= 11 is 8.06. The molecule has 1 aliphatic heterocycles. The van der Waals surface area contributed by atoms with Crippen LogP contribution in [-0.2, 0) is 16.1 Å². The summed E-state index contributed by atoms with van der Waals surface area (Å²) in [6.07, 6.45) is 0.0381. The lowest BCUT2D eigenvalue weighted by atomic mass is 10.2. The van der Waals surface area contributed by atoms with Gasteiger partial charge in [-0.15, -0.1) is 11.3 Å². The van der Waals surface area contributed by atoms with Crippen LogP contribution in [-0.4, -0.2) is 66.8 Å². The van der Waals surface area contributed by atoms with Gasteiger partial charge in [-0.25, -0.2) is 0 Å². The first-order valence-electron chi connectivity index (χ1n) is 8.59. The molecule has 1 unspecified atom stereocenters. The molecule has 140 valence electrons. The van der Waals surface area contributed by atoms with Gasteiger partial charge in [0, 0.05) is 46.5 Å². The zero-order valence-electron chi connectivity index (χ0n) is 14.7. The van der Waals surface area contributed by atoms with Gasteiger partial charge in [-0.1, -0.05) is 29.8 Å². The average Bonchev–Trinajstić information content (AvgIpc) is 3.03. The lowest BCUT2D eigenvalue weighted by Crippen LogP contribution is -2.47. The van der Waals surface area contributed by atoms with E-state index in [1.54, 1.807) is 16.2 Å². The number of carboxylic acids is 1. The number of rotatable bonds is 7. The van der Waals surface area contributed by atoms with Gasteiger partial charge in [0.2, 0.25) is 0 Å². The number of carboxylic acid groups (broad SMARTS) is 1. The summed E-state index contributed by atoms with van der Waals surface area (Å²) in [5.74, 6) is -0.814. The Labute approximate surface area is 162 Å². The Morgan fingerprint density at radius 2 is 2.19 bits per heavy atom. The van der Waals surface area contributed by atoms with E-state index < -0.39 is 5.97 Å². The van der Waals surface area contributed by atoms with Crippen molar-refractivity contribution in [3.05, 3.63) is 46.3 Å². The average molecular weight is 395 g/mol. The number of likely N-dealkylation sites (N-methyl/N-ethyl adjacent to an activating group) is 1. The standard InChI is InChI=1S/C19H23ClN2O3S/c1-21(13-19(23)24)10-14-11-22(8-9-25-14)12-15-6-7-18(26-15)16-4-2-3-5-17(16)20/h2-7,14H,8-13H2,1H3,(H,23,24). The Morgan fingerprint density at radius 3 is 2.96 bits per heavy atom. The minimum Gasteiger partial charge on any atom is -0.480 e. The van der Waals surface area contributed by atoms with E-state index in [0.29, 0.717) is 13.2 Å². The number of nitrogens with zero attached hydrogens (tertiary/aromatic N) is 2. The van der Waals surface area contributed by atoms with E-state index >= 15 is 0 Å². The highest BCUT2D eigenvalue weighted by molar-refractivity contribution is 7.15. The van der Waals surface area contributed by atoms with E-state index in [1.807, 2.05) is 31.3 Å². The van der Waals surface area contributed by atoms with Crippen LogP contribution in [0.3, 0.4) is 0 Å². The maximum atomic E-state index is 10.8. The summed E-state index contributed by atoms with van der Waals surface area (Å²) in [4.78, 5) is 17.4. The predicted molar refractivity (Wildman–Crippen MR) is 105 cm³/mol. The van der Waals surface area contributed by atoms with Gasteiger partial charge < -0.3 is 9.84 Å². The van der Waals surface area contributed by atoms with Gasteiger partial charge in [0.25, 0.3) is 0 Å². The van der Waals surface area contributed by atoms with Gasteiger partial charge in [0.1, 0.15) is 0 Å². The maximum Gasteiger partial charge on any atom is 0.317 e. The molecule has 7 heteroatoms. The second-order valence-corrected chi connectivity index (χ2v) is 8.14. The summed E-state index contributed by atoms with van der Waals surface area (Å²) < 4.78 is 5.80. The van der Waals surface area contributed by atoms with E-state index in [2.05, 4.69) is 17.0 Å². The molecule has 2 aromatic rings. The number of hydrogen-bond donors (Lipinski definition) is 1. The Kier molecular flexibility index (Phi) is 6.67. The quantitative estimate of drug-likeness (QED) is 0.781. The molecule has 1 saturated heterocycles. The zero-order chi connectivity index (χ0) is 18.5. The first kappa shape index (κ1) is 19.3. The minimum absolute atomic E-state index is 0.0337. The Bertz CT molecular complexity index is 752. The molecule has 1 atom stereocenters. The molecule has 3 rings (SSSR count). The molecule has 0 spiro atoms. The number of thiophene rings is 1. The zero-order valence-corrected chi connectivity index (χ0v) is 16.3. The molecule has 1 N–H and O–H groups in total. The fourth-order valence-electron chi connectivity index (χ4n) is 3.17. The van der Waals surface area contributed by atoms with Crippen molar-refractivity contribution in [1.82, 2.24) is 9.80 Å². The third kappa shape index (κ3) is 5.28. The number of benzene rings is 1. The van der Waals surface area contributed by atoms with Crippen molar-refractivity contribution in [2.45, 2.75) is 12.6 Å². The van der Waals surface area contributed by atoms with Crippen LogP contribution in [0.5, 0.6) is 0 Å². The molecular formula is C19H23ClN2O3S. The number of aliphatic carboxylic acids is 1. The van der Waals surface area contributed by atoms with Crippen LogP contribution >= 0.6 is 22.9 Å². The van der Waals surface area contributed by atoms with Crippen molar-refractivity contribution in [2.24, 2.45) is 0 Å². The summed E-state index contributed by atoms with van der Waals surface area (Å²) in [6.45, 7) is 3.90. The largest absolute Gasteiger partial charge is 0.480 e. The van der Waals surface area contributed by atoms with Gasteiger partial charge in [-0.2, -0.15) is 0 Å². The molecule has 1 aliphatic rings. The monoisotopic (exact) mass is 394 g/mol. The normalized spacial score (nSPS) is 18.3. The van der Waals surface area contributed by atoms with Crippen LogP contribution in [0.25, 0.3) is 10.4 Å². The van der Waals surface area contributed by atoms with E-state index in [-0.39, 0.29) is 12.6 Å². The Balaban J connectivity index is 1.57. The van der Waals surface area contributed by atoms with Gasteiger partial charge in [0.15, 0.2) is 0 Å². The molecule has 5 nitrogen and oxygen atoms in total. The fourth-order valence-corrected chi connectivity index (χ4v) is 4.55. The van der Waals surface area contributed by atoms with E-state index in [0.717, 1.165) is 30.2 Å². The van der Waals surface area contributed by atoms with Crippen molar-refractivity contribution >= 4 is 28.9 Å². The van der Waals surface area contributed by atoms with Crippen LogP contribution in [0, 0.1) is 0 Å². The van der Waals surface area contributed by atoms with Gasteiger partial charge in [-0.3, -0.25) is 14.6 Å². The Hall–Kier alpha value is -1.44. The first-order valence-corrected chi connectivity index (χ1v) is 9.78. The second-order valence-electron chi connectivity index (χ2n) is 6.56. The second kappa shape index (κ2) is 8.97. The van der Waals surface area contributed by atoms with Crippen LogP contribution in [0.2, 0.25) is 5.02 Å². The third-order valence-electron chi connectivity index (χ3n) is 4.32. The summed E-state index contributed by atoms with van der Waals surface area (Å²) in [6, 6.07) is 12.2. The number of halogens is 1. The number of hydrogen-bond acceptors (Lipinski definition) is 5. The van der Waals surface area contributed by atoms with E-state index in [4.69, 9.17) is 21.4 Å². The molecule has 1 aromatic heterocycles. The molecule has 0 radical (unpaired) electrons. The molecule has 1 fully saturated rings. The van der Waals surface area contributed by atoms with Crippen molar-refractivity contribution < 1.29 is 14.6 Å². The topological polar surface area (TPSA) is 53.0 Å². The molecule has 0 bridgehead atoms. The van der Waals surface area contributed by atoms with Gasteiger partial charge in [-0.05, 0) is 25.2 Å². The summed E-state index contributed by atoms with van der Waals surface area (Å²) in [5, 5.41) is 9.65. The van der Waals surface area contributed by atoms with Crippen LogP contribution in [0.15, 0.2) is 36.4 Å². The molecule has 26 heavy (non-hydrogen) atoms. The number of ether oxygens (including phenoxy) is 1. The highest BCUT2D eigenvalue weighted by atomic mass is 35.5. The highest BCUT2D eigenvalue weighted by Gasteiger charge is 2.23. The van der Waals surface area contributed by atoms with Crippen molar-refractivity contribution in [3.63, 3.8) is 0 Å². The summed E-state index contributed by atoms with van der Waals surface area (Å²) in [5.41, 5.74) is 1.07. The minimum atomic E-state index is -0.814. The molecule has 2 heterocycles. The lowest BCUT2D eigenvalue weighted by molar-refractivity contribution is -0.138. The third-order valence-corrected chi connectivity index (χ3v) is 5.76. The molecule has 0 amide bonds. The van der Waals surface area contributed by atoms with Crippen LogP contribution < -0.4 is 0 Å². The molecule has 1 aromatic carbocycles. The Morgan fingerprint density at radius 1 is 1.38 bits per heavy atom. The number of carbonyl (C=O) groups is 1. The van der Waals surface area contributed by atoms with Crippen LogP contribution in [0.4, 0.5) is 0 Å². The van der Waals surface area contributed by atoms with Gasteiger partial charge in [0.05, 0.1) is 19.3 Å². The molecular weight excluding hydrogens is 372 g/mol. The van der Waals surface area contributed by atoms with Crippen LogP contribution in [0.1, 0.15) is 4.88 Å². The lowest BCUT2D eigenvalue weighted by Gasteiger charge is -2.34. The van der Waals surface area contributed by atoms with Crippen molar-refractivity contribution in [2.75, 3.05) is 39.8 Å². The molecule has 0 saturated carbocycles.